The molecule has 3 heteroatoms. The van der Waals surface area contributed by atoms with Gasteiger partial charge in [-0.15, -0.1) is 0 Å². The second-order valence-corrected chi connectivity index (χ2v) is 5.49. The van der Waals surface area contributed by atoms with Crippen LogP contribution in [0.25, 0.3) is 0 Å². The van der Waals surface area contributed by atoms with E-state index in [0.29, 0.717) is 0 Å². The minimum Gasteiger partial charge on any atom is -0.493 e. The van der Waals surface area contributed by atoms with Gasteiger partial charge in [0.05, 0.1) is 13.7 Å². The van der Waals surface area contributed by atoms with E-state index in [2.05, 4.69) is 18.3 Å². The molecule has 0 bridgehead atoms. The Kier molecular flexibility index (Phi) is 9.71. The zero-order chi connectivity index (χ0) is 15.3. The van der Waals surface area contributed by atoms with E-state index in [1.165, 1.54) is 44.1 Å². The molecule has 0 saturated heterocycles. The van der Waals surface area contributed by atoms with Gasteiger partial charge < -0.3 is 14.8 Å². The fourth-order valence-electron chi connectivity index (χ4n) is 2.39. The zero-order valence-corrected chi connectivity index (χ0v) is 13.9. The molecule has 120 valence electrons. The number of methoxy groups -OCH3 is 1. The number of nitrogens with one attached hydrogen (secondary N) is 1. The SMILES string of the molecule is CCCCCCCCCOc1ccc(CNC)cc1OC. The van der Waals surface area contributed by atoms with Crippen molar-refractivity contribution in [1.29, 1.82) is 0 Å². The van der Waals surface area contributed by atoms with E-state index in [4.69, 9.17) is 9.47 Å². The summed E-state index contributed by atoms with van der Waals surface area (Å²) in [5.74, 6) is 1.68. The van der Waals surface area contributed by atoms with E-state index < -0.39 is 0 Å². The first-order valence-electron chi connectivity index (χ1n) is 8.26. The molecule has 0 heterocycles. The lowest BCUT2D eigenvalue weighted by Gasteiger charge is -2.12. The Morgan fingerprint density at radius 1 is 0.952 bits per heavy atom. The van der Waals surface area contributed by atoms with Gasteiger partial charge in [0.2, 0.25) is 0 Å². The highest BCUT2D eigenvalue weighted by Gasteiger charge is 2.05. The fourth-order valence-corrected chi connectivity index (χ4v) is 2.39. The molecule has 0 saturated carbocycles. The number of ether oxygens (including phenoxy) is 2. The van der Waals surface area contributed by atoms with Crippen LogP contribution in [0.3, 0.4) is 0 Å². The Morgan fingerprint density at radius 2 is 1.67 bits per heavy atom. The van der Waals surface area contributed by atoms with Crippen molar-refractivity contribution in [3.63, 3.8) is 0 Å². The molecular weight excluding hydrogens is 262 g/mol. The molecule has 0 fully saturated rings. The topological polar surface area (TPSA) is 30.5 Å². The second-order valence-electron chi connectivity index (χ2n) is 5.49. The van der Waals surface area contributed by atoms with Gasteiger partial charge in [-0.1, -0.05) is 51.5 Å². The maximum atomic E-state index is 5.84. The van der Waals surface area contributed by atoms with Crippen molar-refractivity contribution < 1.29 is 9.47 Å². The molecule has 0 aliphatic rings. The average Bonchev–Trinajstić information content (AvgIpc) is 2.51. The molecule has 1 rings (SSSR count). The van der Waals surface area contributed by atoms with E-state index in [-0.39, 0.29) is 0 Å². The molecule has 21 heavy (non-hydrogen) atoms. The Bertz CT molecular complexity index is 379. The van der Waals surface area contributed by atoms with Crippen LogP contribution in [0.4, 0.5) is 0 Å². The van der Waals surface area contributed by atoms with Gasteiger partial charge in [0, 0.05) is 6.54 Å². The number of benzene rings is 1. The first kappa shape index (κ1) is 17.8. The number of hydrogen-bond donors (Lipinski definition) is 1. The lowest BCUT2D eigenvalue weighted by Crippen LogP contribution is -2.06. The lowest BCUT2D eigenvalue weighted by atomic mass is 10.1. The highest BCUT2D eigenvalue weighted by molar-refractivity contribution is 5.42. The molecular formula is C18H31NO2. The third kappa shape index (κ3) is 7.37. The molecule has 0 aromatic heterocycles. The van der Waals surface area contributed by atoms with Crippen LogP contribution in [0.15, 0.2) is 18.2 Å². The highest BCUT2D eigenvalue weighted by Crippen LogP contribution is 2.28. The van der Waals surface area contributed by atoms with Crippen LogP contribution in [-0.2, 0) is 6.54 Å². The quantitative estimate of drug-likeness (QED) is 0.574. The van der Waals surface area contributed by atoms with Gasteiger partial charge in [-0.2, -0.15) is 0 Å². The van der Waals surface area contributed by atoms with Gasteiger partial charge in [0.1, 0.15) is 0 Å². The fraction of sp³-hybridized carbons (Fsp3) is 0.667. The predicted molar refractivity (Wildman–Crippen MR) is 89.2 cm³/mol. The molecule has 1 aromatic rings. The molecule has 0 radical (unpaired) electrons. The summed E-state index contributed by atoms with van der Waals surface area (Å²) in [6.07, 6.45) is 9.10. The Morgan fingerprint density at radius 3 is 2.33 bits per heavy atom. The summed E-state index contributed by atoms with van der Waals surface area (Å²) in [5.41, 5.74) is 1.21. The van der Waals surface area contributed by atoms with Crippen LogP contribution >= 0.6 is 0 Å². The van der Waals surface area contributed by atoms with Crippen molar-refractivity contribution in [2.24, 2.45) is 0 Å². The minimum absolute atomic E-state index is 0.773. The average molecular weight is 293 g/mol. The van der Waals surface area contributed by atoms with Crippen molar-refractivity contribution in [3.05, 3.63) is 23.8 Å². The van der Waals surface area contributed by atoms with Crippen LogP contribution in [0, 0.1) is 0 Å². The Hall–Kier alpha value is -1.22. The summed E-state index contributed by atoms with van der Waals surface area (Å²) in [5, 5.41) is 3.14. The largest absolute Gasteiger partial charge is 0.493 e. The van der Waals surface area contributed by atoms with Gasteiger partial charge in [0.25, 0.3) is 0 Å². The summed E-state index contributed by atoms with van der Waals surface area (Å²) in [4.78, 5) is 0. The van der Waals surface area contributed by atoms with Crippen LogP contribution in [0.1, 0.15) is 57.4 Å². The van der Waals surface area contributed by atoms with Crippen molar-refractivity contribution in [3.8, 4) is 11.5 Å². The van der Waals surface area contributed by atoms with Crippen LogP contribution in [0.2, 0.25) is 0 Å². The van der Waals surface area contributed by atoms with Gasteiger partial charge in [0.15, 0.2) is 11.5 Å². The van der Waals surface area contributed by atoms with Gasteiger partial charge in [-0.25, -0.2) is 0 Å². The molecule has 0 aliphatic heterocycles. The summed E-state index contributed by atoms with van der Waals surface area (Å²) in [6, 6.07) is 6.13. The number of rotatable bonds is 12. The molecule has 0 atom stereocenters. The van der Waals surface area contributed by atoms with Gasteiger partial charge in [-0.3, -0.25) is 0 Å². The van der Waals surface area contributed by atoms with E-state index in [0.717, 1.165) is 31.1 Å². The van der Waals surface area contributed by atoms with Gasteiger partial charge >= 0.3 is 0 Å². The molecule has 1 aromatic carbocycles. The smallest absolute Gasteiger partial charge is 0.161 e. The second kappa shape index (κ2) is 11.4. The predicted octanol–water partition coefficient (Wildman–Crippen LogP) is 4.54. The molecule has 3 nitrogen and oxygen atoms in total. The molecule has 1 N–H and O–H groups in total. The first-order chi connectivity index (χ1) is 10.3. The lowest BCUT2D eigenvalue weighted by molar-refractivity contribution is 0.284. The van der Waals surface area contributed by atoms with Crippen molar-refractivity contribution in [1.82, 2.24) is 5.32 Å². The first-order valence-corrected chi connectivity index (χ1v) is 8.26. The van der Waals surface area contributed by atoms with Crippen LogP contribution < -0.4 is 14.8 Å². The molecule has 0 spiro atoms. The van der Waals surface area contributed by atoms with Crippen molar-refractivity contribution in [2.75, 3.05) is 20.8 Å². The molecule has 0 aliphatic carbocycles. The Labute approximate surface area is 130 Å². The Balaban J connectivity index is 2.25. The van der Waals surface area contributed by atoms with Crippen LogP contribution in [-0.4, -0.2) is 20.8 Å². The third-order valence-corrected chi connectivity index (χ3v) is 3.61. The van der Waals surface area contributed by atoms with E-state index >= 15 is 0 Å². The summed E-state index contributed by atoms with van der Waals surface area (Å²) in [7, 11) is 3.64. The van der Waals surface area contributed by atoms with Crippen molar-refractivity contribution in [2.45, 2.75) is 58.4 Å². The van der Waals surface area contributed by atoms with E-state index in [9.17, 15) is 0 Å². The molecule has 0 unspecified atom stereocenters. The maximum absolute atomic E-state index is 5.84. The standard InChI is InChI=1S/C18H31NO2/c1-4-5-6-7-8-9-10-13-21-17-12-11-16(15-19-2)14-18(17)20-3/h11-12,14,19H,4-10,13,15H2,1-3H3. The monoisotopic (exact) mass is 293 g/mol. The van der Waals surface area contributed by atoms with Crippen molar-refractivity contribution >= 4 is 0 Å². The van der Waals surface area contributed by atoms with E-state index in [1.807, 2.05) is 19.2 Å². The number of unbranched alkanes of at least 4 members (excludes halogenated alkanes) is 6. The normalized spacial score (nSPS) is 10.6. The van der Waals surface area contributed by atoms with Gasteiger partial charge in [-0.05, 0) is 31.2 Å². The summed E-state index contributed by atoms with van der Waals surface area (Å²) < 4.78 is 11.2. The third-order valence-electron chi connectivity index (χ3n) is 3.61. The maximum Gasteiger partial charge on any atom is 0.161 e. The van der Waals surface area contributed by atoms with E-state index in [1.54, 1.807) is 7.11 Å². The summed E-state index contributed by atoms with van der Waals surface area (Å²) in [6.45, 7) is 3.87. The minimum atomic E-state index is 0.773. The highest BCUT2D eigenvalue weighted by atomic mass is 16.5. The number of hydrogen-bond acceptors (Lipinski definition) is 3. The molecule has 0 amide bonds. The van der Waals surface area contributed by atoms with Crippen LogP contribution in [0.5, 0.6) is 11.5 Å². The zero-order valence-electron chi connectivity index (χ0n) is 13.9. The summed E-state index contributed by atoms with van der Waals surface area (Å²) >= 11 is 0.